The van der Waals surface area contributed by atoms with Crippen molar-refractivity contribution in [3.8, 4) is 5.88 Å². The average molecular weight is 397 g/mol. The second-order valence-electron chi connectivity index (χ2n) is 6.78. The molecule has 0 spiro atoms. The molecule has 29 heavy (non-hydrogen) atoms. The normalized spacial score (nSPS) is 14.3. The van der Waals surface area contributed by atoms with E-state index in [-0.39, 0.29) is 17.2 Å². The molecule has 0 atom stereocenters. The Labute approximate surface area is 166 Å². The zero-order valence-corrected chi connectivity index (χ0v) is 16.1. The molecule has 150 valence electrons. The minimum Gasteiger partial charge on any atom is -0.480 e. The number of hydrogen-bond donors (Lipinski definition) is 0. The number of amides is 1. The first-order chi connectivity index (χ1) is 14.0. The van der Waals surface area contributed by atoms with Gasteiger partial charge < -0.3 is 14.5 Å². The summed E-state index contributed by atoms with van der Waals surface area (Å²) in [6.07, 6.45) is 1.11. The molecule has 0 bridgehead atoms. The van der Waals surface area contributed by atoms with Crippen molar-refractivity contribution in [3.63, 3.8) is 0 Å². The van der Waals surface area contributed by atoms with Crippen molar-refractivity contribution in [2.45, 2.75) is 0 Å². The number of ether oxygens (including phenoxy) is 1. The van der Waals surface area contributed by atoms with Gasteiger partial charge in [0.1, 0.15) is 11.5 Å². The molecule has 1 saturated heterocycles. The number of anilines is 1. The predicted octanol–water partition coefficient (Wildman–Crippen LogP) is 1.44. The lowest BCUT2D eigenvalue weighted by atomic mass is 10.1. The Morgan fingerprint density at radius 3 is 2.52 bits per heavy atom. The number of aromatic nitrogens is 3. The maximum absolute atomic E-state index is 13.6. The Hall–Kier alpha value is -3.49. The van der Waals surface area contributed by atoms with E-state index in [9.17, 15) is 14.0 Å². The van der Waals surface area contributed by atoms with E-state index in [1.54, 1.807) is 29.2 Å². The van der Waals surface area contributed by atoms with E-state index in [2.05, 4.69) is 10.1 Å². The summed E-state index contributed by atoms with van der Waals surface area (Å²) in [5.41, 5.74) is 0.569. The van der Waals surface area contributed by atoms with Gasteiger partial charge in [0.2, 0.25) is 5.88 Å². The highest BCUT2D eigenvalue weighted by Gasteiger charge is 2.27. The number of benzene rings is 1. The summed E-state index contributed by atoms with van der Waals surface area (Å²) >= 11 is 0. The molecule has 0 unspecified atom stereocenters. The maximum atomic E-state index is 13.6. The van der Waals surface area contributed by atoms with Gasteiger partial charge >= 0.3 is 0 Å². The Morgan fingerprint density at radius 2 is 1.83 bits per heavy atom. The SMILES string of the molecule is COc1ncc(F)cc1N1CCN(C(=O)c2nn(C)c(=O)c3ccccc23)CC1. The summed E-state index contributed by atoms with van der Waals surface area (Å²) in [5, 5.41) is 5.21. The first-order valence-corrected chi connectivity index (χ1v) is 9.19. The zero-order chi connectivity index (χ0) is 20.5. The Morgan fingerprint density at radius 1 is 1.14 bits per heavy atom. The molecule has 0 radical (unpaired) electrons. The Balaban J connectivity index is 1.58. The van der Waals surface area contributed by atoms with Crippen LogP contribution >= 0.6 is 0 Å². The summed E-state index contributed by atoms with van der Waals surface area (Å²) in [7, 11) is 3.02. The number of rotatable bonds is 3. The number of nitrogens with zero attached hydrogens (tertiary/aromatic N) is 5. The van der Waals surface area contributed by atoms with Crippen LogP contribution in [0, 0.1) is 5.82 Å². The van der Waals surface area contributed by atoms with Crippen LogP contribution in [0.3, 0.4) is 0 Å². The number of carbonyl (C=O) groups is 1. The van der Waals surface area contributed by atoms with Gasteiger partial charge in [-0.15, -0.1) is 0 Å². The minimum atomic E-state index is -0.444. The molecular formula is C20H20FN5O3. The largest absolute Gasteiger partial charge is 0.480 e. The summed E-state index contributed by atoms with van der Waals surface area (Å²) in [6, 6.07) is 8.34. The monoisotopic (exact) mass is 397 g/mol. The fraction of sp³-hybridized carbons (Fsp3) is 0.300. The molecule has 3 heterocycles. The molecular weight excluding hydrogens is 377 g/mol. The number of pyridine rings is 1. The third-order valence-corrected chi connectivity index (χ3v) is 5.06. The van der Waals surface area contributed by atoms with Gasteiger partial charge in [-0.25, -0.2) is 14.1 Å². The van der Waals surface area contributed by atoms with Gasteiger partial charge in [0, 0.05) is 44.7 Å². The van der Waals surface area contributed by atoms with Gasteiger partial charge in [-0.3, -0.25) is 9.59 Å². The highest BCUT2D eigenvalue weighted by Crippen LogP contribution is 2.27. The molecule has 2 aromatic heterocycles. The molecule has 1 amide bonds. The lowest BCUT2D eigenvalue weighted by Gasteiger charge is -2.36. The van der Waals surface area contributed by atoms with E-state index in [0.717, 1.165) is 6.20 Å². The third kappa shape index (κ3) is 3.39. The van der Waals surface area contributed by atoms with Crippen LogP contribution in [0.15, 0.2) is 41.3 Å². The number of fused-ring (bicyclic) bond motifs is 1. The topological polar surface area (TPSA) is 80.6 Å². The molecule has 1 aliphatic heterocycles. The molecule has 3 aromatic rings. The first-order valence-electron chi connectivity index (χ1n) is 9.19. The molecule has 0 aliphatic carbocycles. The standard InChI is InChI=1S/C20H20FN5O3/c1-24-19(27)15-6-4-3-5-14(15)17(23-24)20(28)26-9-7-25(8-10-26)16-11-13(21)12-22-18(16)29-2/h3-6,11-12H,7-10H2,1-2H3. The first kappa shape index (κ1) is 18.9. The smallest absolute Gasteiger partial charge is 0.275 e. The van der Waals surface area contributed by atoms with Gasteiger partial charge in [0.25, 0.3) is 11.5 Å². The molecule has 0 N–H and O–H groups in total. The predicted molar refractivity (Wildman–Crippen MR) is 106 cm³/mol. The van der Waals surface area contributed by atoms with Gasteiger partial charge in [-0.05, 0) is 6.07 Å². The van der Waals surface area contributed by atoms with Crippen molar-refractivity contribution in [3.05, 3.63) is 58.4 Å². The van der Waals surface area contributed by atoms with E-state index < -0.39 is 5.82 Å². The number of aryl methyl sites for hydroxylation is 1. The number of methoxy groups -OCH3 is 1. The molecule has 1 aliphatic rings. The lowest BCUT2D eigenvalue weighted by molar-refractivity contribution is 0.0740. The molecule has 1 fully saturated rings. The van der Waals surface area contributed by atoms with E-state index >= 15 is 0 Å². The molecule has 4 rings (SSSR count). The van der Waals surface area contributed by atoms with Crippen LogP contribution in [0.4, 0.5) is 10.1 Å². The van der Waals surface area contributed by atoms with Gasteiger partial charge in [-0.1, -0.05) is 18.2 Å². The lowest BCUT2D eigenvalue weighted by Crippen LogP contribution is -2.49. The van der Waals surface area contributed by atoms with Crippen molar-refractivity contribution in [1.29, 1.82) is 0 Å². The van der Waals surface area contributed by atoms with Crippen LogP contribution in [0.5, 0.6) is 5.88 Å². The summed E-state index contributed by atoms with van der Waals surface area (Å²) in [4.78, 5) is 33.0. The number of carbonyl (C=O) groups excluding carboxylic acids is 1. The molecule has 0 saturated carbocycles. The van der Waals surface area contributed by atoms with Crippen molar-refractivity contribution in [2.75, 3.05) is 38.2 Å². The highest BCUT2D eigenvalue weighted by atomic mass is 19.1. The fourth-order valence-electron chi connectivity index (χ4n) is 3.56. The summed E-state index contributed by atoms with van der Waals surface area (Å²) < 4.78 is 20.1. The van der Waals surface area contributed by atoms with Crippen LogP contribution in [-0.4, -0.2) is 58.9 Å². The zero-order valence-electron chi connectivity index (χ0n) is 16.1. The minimum absolute atomic E-state index is 0.235. The summed E-state index contributed by atoms with van der Waals surface area (Å²) in [5.74, 6) is -0.335. The van der Waals surface area contributed by atoms with E-state index in [1.165, 1.54) is 24.9 Å². The van der Waals surface area contributed by atoms with E-state index in [1.807, 2.05) is 4.90 Å². The van der Waals surface area contributed by atoms with Crippen LogP contribution < -0.4 is 15.2 Å². The van der Waals surface area contributed by atoms with Gasteiger partial charge in [-0.2, -0.15) is 5.10 Å². The quantitative estimate of drug-likeness (QED) is 0.665. The number of piperazine rings is 1. The van der Waals surface area contributed by atoms with Crippen LogP contribution in [-0.2, 0) is 7.05 Å². The molecule has 9 heteroatoms. The summed E-state index contributed by atoms with van der Waals surface area (Å²) in [6.45, 7) is 1.85. The van der Waals surface area contributed by atoms with Crippen LogP contribution in [0.25, 0.3) is 10.8 Å². The van der Waals surface area contributed by atoms with E-state index in [0.29, 0.717) is 48.5 Å². The van der Waals surface area contributed by atoms with Crippen molar-refractivity contribution >= 4 is 22.4 Å². The van der Waals surface area contributed by atoms with Gasteiger partial charge in [0.05, 0.1) is 18.7 Å². The van der Waals surface area contributed by atoms with Gasteiger partial charge in [0.15, 0.2) is 5.69 Å². The van der Waals surface area contributed by atoms with Crippen LogP contribution in [0.2, 0.25) is 0 Å². The highest BCUT2D eigenvalue weighted by molar-refractivity contribution is 6.04. The number of halogens is 1. The molecule has 8 nitrogen and oxygen atoms in total. The second kappa shape index (κ2) is 7.50. The molecule has 1 aromatic carbocycles. The van der Waals surface area contributed by atoms with Crippen molar-refractivity contribution < 1.29 is 13.9 Å². The van der Waals surface area contributed by atoms with Crippen LogP contribution in [0.1, 0.15) is 10.5 Å². The van der Waals surface area contributed by atoms with Crippen molar-refractivity contribution in [2.24, 2.45) is 7.05 Å². The maximum Gasteiger partial charge on any atom is 0.275 e. The fourth-order valence-corrected chi connectivity index (χ4v) is 3.56. The van der Waals surface area contributed by atoms with Crippen molar-refractivity contribution in [1.82, 2.24) is 19.7 Å². The third-order valence-electron chi connectivity index (χ3n) is 5.06. The number of hydrogen-bond acceptors (Lipinski definition) is 6. The van der Waals surface area contributed by atoms with E-state index in [4.69, 9.17) is 4.74 Å². The Bertz CT molecular complexity index is 1140. The second-order valence-corrected chi connectivity index (χ2v) is 6.78. The average Bonchev–Trinajstić information content (AvgIpc) is 2.76. The Kier molecular flexibility index (Phi) is 4.87.